The maximum Gasteiger partial charge on any atom is 0.339 e. The molecular weight excluding hydrogens is 540 g/mol. The summed E-state index contributed by atoms with van der Waals surface area (Å²) in [7, 11) is 0. The molecule has 0 unspecified atom stereocenters. The third-order valence-electron chi connectivity index (χ3n) is 3.40. The van der Waals surface area contributed by atoms with Crippen molar-refractivity contribution >= 4 is 17.9 Å². The SMILES string of the molecule is O=C(O)c1ccccc1O.O=C(O)c1ccccc1O.O=C(O)c1ccccc1O.[Nd]. The Bertz CT molecular complexity index is 903. The fourth-order valence-corrected chi connectivity index (χ4v) is 1.96. The Hall–Kier alpha value is -3.18. The van der Waals surface area contributed by atoms with Crippen molar-refractivity contribution in [2.24, 2.45) is 0 Å². The Labute approximate surface area is 209 Å². The van der Waals surface area contributed by atoms with E-state index in [1.165, 1.54) is 36.4 Å². The van der Waals surface area contributed by atoms with Gasteiger partial charge in [-0.25, -0.2) is 14.4 Å². The van der Waals surface area contributed by atoms with Gasteiger partial charge in [0.05, 0.1) is 0 Å². The molecule has 0 atom stereocenters. The standard InChI is InChI=1S/3C7H6O3.Nd/c3*8-6-4-2-1-3-5(6)7(9)10;/h3*1-4,8H,(H,9,10);. The first-order chi connectivity index (χ1) is 14.1. The molecular formula is C21H18NdO9. The number of hydrogen-bond donors (Lipinski definition) is 6. The number of carbonyl (C=O) groups is 3. The number of para-hydroxylation sites is 3. The molecule has 0 aliphatic rings. The molecule has 6 N–H and O–H groups in total. The molecule has 0 spiro atoms. The summed E-state index contributed by atoms with van der Waals surface area (Å²) in [6.45, 7) is 0. The molecule has 3 aromatic carbocycles. The van der Waals surface area contributed by atoms with Crippen molar-refractivity contribution in [3.63, 3.8) is 0 Å². The van der Waals surface area contributed by atoms with E-state index >= 15 is 0 Å². The minimum atomic E-state index is -1.11. The second-order valence-electron chi connectivity index (χ2n) is 5.47. The van der Waals surface area contributed by atoms with Crippen molar-refractivity contribution in [2.45, 2.75) is 0 Å². The number of carboxylic acids is 3. The van der Waals surface area contributed by atoms with Crippen molar-refractivity contribution in [2.75, 3.05) is 0 Å². The molecule has 160 valence electrons. The van der Waals surface area contributed by atoms with E-state index in [0.717, 1.165) is 0 Å². The molecule has 3 aromatic rings. The molecule has 0 aliphatic heterocycles. The van der Waals surface area contributed by atoms with Crippen LogP contribution in [0.1, 0.15) is 31.1 Å². The zero-order valence-electron chi connectivity index (χ0n) is 15.8. The third kappa shape index (κ3) is 9.45. The van der Waals surface area contributed by atoms with Crippen LogP contribution < -0.4 is 0 Å². The minimum absolute atomic E-state index is 0. The van der Waals surface area contributed by atoms with E-state index in [4.69, 9.17) is 30.6 Å². The van der Waals surface area contributed by atoms with Crippen LogP contribution in [0.15, 0.2) is 72.8 Å². The Balaban J connectivity index is 0.000000429. The summed E-state index contributed by atoms with van der Waals surface area (Å²) < 4.78 is 0. The van der Waals surface area contributed by atoms with Crippen LogP contribution in [0.2, 0.25) is 0 Å². The van der Waals surface area contributed by atoms with Gasteiger partial charge < -0.3 is 30.6 Å². The Kier molecular flexibility index (Phi) is 12.5. The fraction of sp³-hybridized carbons (Fsp3) is 0. The van der Waals surface area contributed by atoms with Crippen molar-refractivity contribution < 1.29 is 85.9 Å². The molecule has 0 saturated heterocycles. The van der Waals surface area contributed by atoms with Crippen LogP contribution in [0.3, 0.4) is 0 Å². The van der Waals surface area contributed by atoms with Crippen LogP contribution >= 0.6 is 0 Å². The number of hydrogen-bond acceptors (Lipinski definition) is 6. The molecule has 0 saturated carbocycles. The summed E-state index contributed by atoms with van der Waals surface area (Å²) in [4.78, 5) is 30.8. The topological polar surface area (TPSA) is 173 Å². The number of phenols is 3. The first kappa shape index (κ1) is 27.8. The zero-order valence-corrected chi connectivity index (χ0v) is 19.0. The third-order valence-corrected chi connectivity index (χ3v) is 3.40. The Morgan fingerprint density at radius 3 is 0.774 bits per heavy atom. The van der Waals surface area contributed by atoms with Crippen molar-refractivity contribution in [1.82, 2.24) is 0 Å². The summed E-state index contributed by atoms with van der Waals surface area (Å²) in [6, 6.07) is 17.4. The summed E-state index contributed by atoms with van der Waals surface area (Å²) in [6.07, 6.45) is 0. The first-order valence-corrected chi connectivity index (χ1v) is 8.19. The minimum Gasteiger partial charge on any atom is -0.507 e. The molecule has 0 aromatic heterocycles. The molecule has 0 radical (unpaired) electrons. The van der Waals surface area contributed by atoms with Crippen LogP contribution in [0.5, 0.6) is 17.2 Å². The van der Waals surface area contributed by atoms with Gasteiger partial charge in [-0.15, -0.1) is 0 Å². The van der Waals surface area contributed by atoms with Gasteiger partial charge in [-0.1, -0.05) is 36.4 Å². The predicted molar refractivity (Wildman–Crippen MR) is 105 cm³/mol. The van der Waals surface area contributed by atoms with E-state index in [-0.39, 0.29) is 74.8 Å². The Morgan fingerprint density at radius 1 is 0.452 bits per heavy atom. The fourth-order valence-electron chi connectivity index (χ4n) is 1.96. The largest absolute Gasteiger partial charge is 0.507 e. The van der Waals surface area contributed by atoms with Gasteiger partial charge in [0.15, 0.2) is 0 Å². The van der Waals surface area contributed by atoms with Gasteiger partial charge in [-0.2, -0.15) is 0 Å². The van der Waals surface area contributed by atoms with Gasteiger partial charge in [-0.3, -0.25) is 0 Å². The van der Waals surface area contributed by atoms with E-state index in [2.05, 4.69) is 0 Å². The maximum absolute atomic E-state index is 10.3. The maximum atomic E-state index is 10.3. The van der Waals surface area contributed by atoms with Crippen molar-refractivity contribution in [1.29, 1.82) is 0 Å². The quantitative estimate of drug-likeness (QED) is 0.282. The van der Waals surface area contributed by atoms with Gasteiger partial charge in [0.25, 0.3) is 0 Å². The second-order valence-corrected chi connectivity index (χ2v) is 5.47. The van der Waals surface area contributed by atoms with E-state index < -0.39 is 17.9 Å². The Morgan fingerprint density at radius 2 is 0.645 bits per heavy atom. The average molecular weight is 559 g/mol. The molecule has 0 amide bonds. The van der Waals surface area contributed by atoms with E-state index in [0.29, 0.717) is 0 Å². The van der Waals surface area contributed by atoms with E-state index in [1.807, 2.05) is 0 Å². The summed E-state index contributed by atoms with van der Waals surface area (Å²) >= 11 is 0. The summed E-state index contributed by atoms with van der Waals surface area (Å²) in [5.74, 6) is -3.94. The monoisotopic (exact) mass is 556 g/mol. The number of aromatic hydroxyl groups is 3. The molecule has 31 heavy (non-hydrogen) atoms. The summed E-state index contributed by atoms with van der Waals surface area (Å²) in [5, 5.41) is 51.9. The number of rotatable bonds is 3. The normalized spacial score (nSPS) is 8.90. The molecule has 0 heterocycles. The van der Waals surface area contributed by atoms with Crippen LogP contribution in [0.4, 0.5) is 0 Å². The van der Waals surface area contributed by atoms with Crippen molar-refractivity contribution in [3.8, 4) is 17.2 Å². The van der Waals surface area contributed by atoms with Crippen LogP contribution in [0, 0.1) is 40.8 Å². The van der Waals surface area contributed by atoms with Gasteiger partial charge in [0.2, 0.25) is 0 Å². The van der Waals surface area contributed by atoms with E-state index in [9.17, 15) is 14.4 Å². The second kappa shape index (κ2) is 13.9. The van der Waals surface area contributed by atoms with Gasteiger partial charge in [0, 0.05) is 40.8 Å². The number of benzene rings is 3. The van der Waals surface area contributed by atoms with Gasteiger partial charge in [-0.05, 0) is 36.4 Å². The van der Waals surface area contributed by atoms with Gasteiger partial charge in [0.1, 0.15) is 33.9 Å². The predicted octanol–water partition coefficient (Wildman–Crippen LogP) is 3.27. The summed E-state index contributed by atoms with van der Waals surface area (Å²) in [5.41, 5.74) is -0.201. The average Bonchev–Trinajstić information content (AvgIpc) is 2.69. The zero-order chi connectivity index (χ0) is 22.7. The van der Waals surface area contributed by atoms with Crippen molar-refractivity contribution in [3.05, 3.63) is 89.5 Å². The molecule has 0 bridgehead atoms. The first-order valence-electron chi connectivity index (χ1n) is 8.19. The van der Waals surface area contributed by atoms with Crippen LogP contribution in [0.25, 0.3) is 0 Å². The van der Waals surface area contributed by atoms with Crippen LogP contribution in [-0.2, 0) is 0 Å². The number of aromatic carboxylic acids is 3. The molecule has 10 heteroatoms. The molecule has 9 nitrogen and oxygen atoms in total. The van der Waals surface area contributed by atoms with Crippen LogP contribution in [-0.4, -0.2) is 48.5 Å². The van der Waals surface area contributed by atoms with E-state index in [1.54, 1.807) is 36.4 Å². The number of carboxylic acid groups (broad SMARTS) is 3. The molecule has 3 rings (SSSR count). The smallest absolute Gasteiger partial charge is 0.339 e. The molecule has 0 aliphatic carbocycles. The molecule has 0 fully saturated rings. The van der Waals surface area contributed by atoms with Gasteiger partial charge >= 0.3 is 17.9 Å².